The molecule has 6 nitrogen and oxygen atoms in total. The van der Waals surface area contributed by atoms with E-state index < -0.39 is 27.8 Å². The van der Waals surface area contributed by atoms with Gasteiger partial charge < -0.3 is 9.57 Å². The summed E-state index contributed by atoms with van der Waals surface area (Å²) in [6.07, 6.45) is -0.438. The highest BCUT2D eigenvalue weighted by atomic mass is 32.2. The third kappa shape index (κ3) is 5.04. The van der Waals surface area contributed by atoms with E-state index >= 15 is 0 Å². The van der Waals surface area contributed by atoms with Gasteiger partial charge in [-0.15, -0.1) is 0 Å². The predicted molar refractivity (Wildman–Crippen MR) is 119 cm³/mol. The van der Waals surface area contributed by atoms with Gasteiger partial charge in [0, 0.05) is 24.1 Å². The highest BCUT2D eigenvalue weighted by Gasteiger charge is 2.32. The van der Waals surface area contributed by atoms with Crippen LogP contribution in [-0.2, 0) is 21.4 Å². The van der Waals surface area contributed by atoms with Gasteiger partial charge in [-0.05, 0) is 36.4 Å². The Labute approximate surface area is 191 Å². The standard InChI is InChI=1S/C24H22F2N2O4S/c1-31-18-10-12-20(13-11-18)33(29,30)28(15-17-6-2-4-8-22(17)25)16-19-14-24(27-32-19)21-7-3-5-9-23(21)26/h2-13,19H,14-16H2,1H3. The number of rotatable bonds is 8. The highest BCUT2D eigenvalue weighted by molar-refractivity contribution is 7.89. The molecule has 1 unspecified atom stereocenters. The molecule has 33 heavy (non-hydrogen) atoms. The Bertz CT molecular complexity index is 1260. The first-order chi connectivity index (χ1) is 15.9. The number of methoxy groups -OCH3 is 1. The maximum atomic E-state index is 14.3. The van der Waals surface area contributed by atoms with Crippen molar-refractivity contribution in [3.05, 3.63) is 95.6 Å². The van der Waals surface area contributed by atoms with E-state index in [4.69, 9.17) is 9.57 Å². The Kier molecular flexibility index (Phi) is 6.71. The van der Waals surface area contributed by atoms with E-state index in [1.54, 1.807) is 36.4 Å². The Morgan fingerprint density at radius 3 is 2.33 bits per heavy atom. The van der Waals surface area contributed by atoms with Crippen molar-refractivity contribution in [2.24, 2.45) is 5.16 Å². The van der Waals surface area contributed by atoms with Gasteiger partial charge in [-0.1, -0.05) is 41.6 Å². The van der Waals surface area contributed by atoms with E-state index in [9.17, 15) is 17.2 Å². The molecule has 0 aromatic heterocycles. The molecule has 0 bridgehead atoms. The van der Waals surface area contributed by atoms with Gasteiger partial charge in [0.25, 0.3) is 0 Å². The van der Waals surface area contributed by atoms with E-state index in [2.05, 4.69) is 5.16 Å². The van der Waals surface area contributed by atoms with E-state index in [0.29, 0.717) is 17.0 Å². The minimum atomic E-state index is -4.01. The van der Waals surface area contributed by atoms with Crippen molar-refractivity contribution in [2.45, 2.75) is 24.0 Å². The molecule has 3 aromatic carbocycles. The summed E-state index contributed by atoms with van der Waals surface area (Å²) in [5, 5.41) is 3.97. The van der Waals surface area contributed by atoms with E-state index in [0.717, 1.165) is 4.31 Å². The number of ether oxygens (including phenoxy) is 1. The molecule has 0 spiro atoms. The lowest BCUT2D eigenvalue weighted by Crippen LogP contribution is -2.37. The predicted octanol–water partition coefficient (Wildman–Crippen LogP) is 4.36. The lowest BCUT2D eigenvalue weighted by atomic mass is 10.0. The average Bonchev–Trinajstić information content (AvgIpc) is 3.28. The molecule has 3 aromatic rings. The van der Waals surface area contributed by atoms with Crippen LogP contribution in [0.4, 0.5) is 8.78 Å². The maximum Gasteiger partial charge on any atom is 0.243 e. The molecular weight excluding hydrogens is 450 g/mol. The van der Waals surface area contributed by atoms with Gasteiger partial charge >= 0.3 is 0 Å². The van der Waals surface area contributed by atoms with Gasteiger partial charge in [0.15, 0.2) is 0 Å². The molecule has 1 aliphatic rings. The van der Waals surface area contributed by atoms with Gasteiger partial charge in [0.2, 0.25) is 10.0 Å². The second-order valence-corrected chi connectivity index (χ2v) is 9.45. The molecule has 0 radical (unpaired) electrons. The monoisotopic (exact) mass is 472 g/mol. The van der Waals surface area contributed by atoms with E-state index in [1.807, 2.05) is 0 Å². The van der Waals surface area contributed by atoms with Crippen LogP contribution < -0.4 is 4.74 Å². The zero-order valence-electron chi connectivity index (χ0n) is 17.8. The first kappa shape index (κ1) is 22.9. The summed E-state index contributed by atoms with van der Waals surface area (Å²) in [7, 11) is -2.53. The number of hydrogen-bond donors (Lipinski definition) is 0. The maximum absolute atomic E-state index is 14.3. The van der Waals surface area contributed by atoms with E-state index in [-0.39, 0.29) is 30.0 Å². The summed E-state index contributed by atoms with van der Waals surface area (Å²) in [4.78, 5) is 5.48. The van der Waals surface area contributed by atoms with Crippen molar-refractivity contribution in [3.8, 4) is 5.75 Å². The van der Waals surface area contributed by atoms with Gasteiger partial charge in [0.1, 0.15) is 23.5 Å². The number of benzene rings is 3. The van der Waals surface area contributed by atoms with Crippen LogP contribution in [-0.4, -0.2) is 38.2 Å². The summed E-state index contributed by atoms with van der Waals surface area (Å²) in [5.41, 5.74) is 0.923. The molecular formula is C24H22F2N2O4S. The minimum Gasteiger partial charge on any atom is -0.497 e. The third-order valence-electron chi connectivity index (χ3n) is 5.33. The Balaban J connectivity index is 1.59. The topological polar surface area (TPSA) is 68.2 Å². The van der Waals surface area contributed by atoms with Crippen LogP contribution in [0, 0.1) is 11.6 Å². The fourth-order valence-corrected chi connectivity index (χ4v) is 5.02. The number of sulfonamides is 1. The first-order valence-electron chi connectivity index (χ1n) is 10.2. The quantitative estimate of drug-likeness (QED) is 0.489. The van der Waals surface area contributed by atoms with Crippen molar-refractivity contribution >= 4 is 15.7 Å². The first-order valence-corrected chi connectivity index (χ1v) is 11.7. The van der Waals surface area contributed by atoms with E-state index in [1.165, 1.54) is 43.5 Å². The summed E-state index contributed by atoms with van der Waals surface area (Å²) in [6.45, 7) is -0.292. The summed E-state index contributed by atoms with van der Waals surface area (Å²) in [6, 6.07) is 18.1. The van der Waals surface area contributed by atoms with Crippen LogP contribution in [0.3, 0.4) is 0 Å². The van der Waals surface area contributed by atoms with Gasteiger partial charge in [0.05, 0.1) is 24.3 Å². The van der Waals surface area contributed by atoms with Crippen LogP contribution >= 0.6 is 0 Å². The second-order valence-electron chi connectivity index (χ2n) is 7.51. The summed E-state index contributed by atoms with van der Waals surface area (Å²) >= 11 is 0. The molecule has 0 amide bonds. The van der Waals surface area contributed by atoms with Gasteiger partial charge in [-0.2, -0.15) is 4.31 Å². The normalized spacial score (nSPS) is 15.9. The molecule has 9 heteroatoms. The lowest BCUT2D eigenvalue weighted by Gasteiger charge is -2.24. The molecule has 172 valence electrons. The molecule has 1 atom stereocenters. The number of oxime groups is 1. The molecule has 0 N–H and O–H groups in total. The Morgan fingerprint density at radius 1 is 1.00 bits per heavy atom. The molecule has 0 saturated heterocycles. The van der Waals surface area contributed by atoms with Crippen LogP contribution in [0.25, 0.3) is 0 Å². The Hall–Kier alpha value is -3.30. The van der Waals surface area contributed by atoms with Crippen molar-refractivity contribution in [3.63, 3.8) is 0 Å². The van der Waals surface area contributed by atoms with Crippen LogP contribution in [0.15, 0.2) is 82.8 Å². The second kappa shape index (κ2) is 9.68. The van der Waals surface area contributed by atoms with Crippen molar-refractivity contribution < 1.29 is 26.8 Å². The number of halogens is 2. The fourth-order valence-electron chi connectivity index (χ4n) is 3.57. The van der Waals surface area contributed by atoms with Crippen molar-refractivity contribution in [1.82, 2.24) is 4.31 Å². The molecule has 0 saturated carbocycles. The minimum absolute atomic E-state index is 0.0351. The molecule has 0 aliphatic carbocycles. The van der Waals surface area contributed by atoms with Crippen LogP contribution in [0.5, 0.6) is 5.75 Å². The zero-order valence-corrected chi connectivity index (χ0v) is 18.6. The molecule has 1 aliphatic heterocycles. The average molecular weight is 473 g/mol. The summed E-state index contributed by atoms with van der Waals surface area (Å²) < 4.78 is 61.6. The number of nitrogens with zero attached hydrogens (tertiary/aromatic N) is 2. The fraction of sp³-hybridized carbons (Fsp3) is 0.208. The Morgan fingerprint density at radius 2 is 1.67 bits per heavy atom. The number of hydrogen-bond acceptors (Lipinski definition) is 5. The zero-order chi connectivity index (χ0) is 23.4. The molecule has 0 fully saturated rings. The largest absolute Gasteiger partial charge is 0.497 e. The van der Waals surface area contributed by atoms with Gasteiger partial charge in [-0.25, -0.2) is 17.2 Å². The van der Waals surface area contributed by atoms with Crippen LogP contribution in [0.1, 0.15) is 17.5 Å². The molecule has 1 heterocycles. The summed E-state index contributed by atoms with van der Waals surface area (Å²) in [5.74, 6) is -0.436. The lowest BCUT2D eigenvalue weighted by molar-refractivity contribution is 0.0692. The SMILES string of the molecule is COc1ccc(S(=O)(=O)N(Cc2ccccc2F)CC2CC(c3ccccc3F)=NO2)cc1. The highest BCUT2D eigenvalue weighted by Crippen LogP contribution is 2.26. The van der Waals surface area contributed by atoms with Crippen LogP contribution in [0.2, 0.25) is 0 Å². The third-order valence-corrected chi connectivity index (χ3v) is 7.15. The smallest absolute Gasteiger partial charge is 0.243 e. The van der Waals surface area contributed by atoms with Crippen molar-refractivity contribution in [1.29, 1.82) is 0 Å². The van der Waals surface area contributed by atoms with Gasteiger partial charge in [-0.3, -0.25) is 0 Å². The van der Waals surface area contributed by atoms with Crippen molar-refractivity contribution in [2.75, 3.05) is 13.7 Å². The molecule has 4 rings (SSSR count).